The van der Waals surface area contributed by atoms with Crippen LogP contribution >= 0.6 is 11.6 Å². The van der Waals surface area contributed by atoms with Gasteiger partial charge in [0.2, 0.25) is 0 Å². The lowest BCUT2D eigenvalue weighted by Crippen LogP contribution is -1.99. The molecule has 0 aliphatic heterocycles. The van der Waals surface area contributed by atoms with E-state index in [2.05, 4.69) is 5.10 Å². The van der Waals surface area contributed by atoms with Crippen LogP contribution in [-0.2, 0) is 0 Å². The van der Waals surface area contributed by atoms with Crippen molar-refractivity contribution in [1.29, 1.82) is 0 Å². The zero-order chi connectivity index (χ0) is 10.8. The molecule has 0 aliphatic carbocycles. The Morgan fingerprint density at radius 3 is 2.80 bits per heavy atom. The molecule has 0 amide bonds. The predicted octanol–water partition coefficient (Wildman–Crippen LogP) is 2.22. The summed E-state index contributed by atoms with van der Waals surface area (Å²) in [6.07, 6.45) is 3.36. The fourth-order valence-corrected chi connectivity index (χ4v) is 1.50. The maximum absolute atomic E-state index is 10.7. The van der Waals surface area contributed by atoms with E-state index < -0.39 is 5.97 Å². The summed E-state index contributed by atoms with van der Waals surface area (Å²) in [5, 5.41) is 13.1. The fourth-order valence-electron chi connectivity index (χ4n) is 1.24. The molecule has 4 nitrogen and oxygen atoms in total. The molecule has 0 spiro atoms. The van der Waals surface area contributed by atoms with E-state index >= 15 is 0 Å². The molecule has 0 saturated heterocycles. The lowest BCUT2D eigenvalue weighted by molar-refractivity contribution is 0.0697. The van der Waals surface area contributed by atoms with Gasteiger partial charge in [0, 0.05) is 12.4 Å². The summed E-state index contributed by atoms with van der Waals surface area (Å²) < 4.78 is 1.58. The third kappa shape index (κ3) is 1.85. The Morgan fingerprint density at radius 1 is 1.47 bits per heavy atom. The molecule has 2 rings (SSSR count). The zero-order valence-corrected chi connectivity index (χ0v) is 8.35. The number of hydrogen-bond donors (Lipinski definition) is 1. The van der Waals surface area contributed by atoms with E-state index in [4.69, 9.17) is 16.7 Å². The van der Waals surface area contributed by atoms with Crippen molar-refractivity contribution in [2.75, 3.05) is 0 Å². The number of hydrogen-bond acceptors (Lipinski definition) is 2. The minimum absolute atomic E-state index is 0.163. The molecule has 0 atom stereocenters. The monoisotopic (exact) mass is 222 g/mol. The molecule has 1 aromatic heterocycles. The Balaban J connectivity index is 2.48. The highest BCUT2D eigenvalue weighted by Crippen LogP contribution is 2.21. The molecule has 0 aliphatic rings. The summed E-state index contributed by atoms with van der Waals surface area (Å²) in [6.45, 7) is 0. The van der Waals surface area contributed by atoms with Crippen LogP contribution in [0, 0.1) is 0 Å². The van der Waals surface area contributed by atoms with Gasteiger partial charge in [0.25, 0.3) is 0 Å². The van der Waals surface area contributed by atoms with Crippen LogP contribution < -0.4 is 0 Å². The van der Waals surface area contributed by atoms with Crippen molar-refractivity contribution in [2.45, 2.75) is 0 Å². The average Bonchev–Trinajstić information content (AvgIpc) is 2.70. The number of benzene rings is 1. The van der Waals surface area contributed by atoms with E-state index in [-0.39, 0.29) is 5.56 Å². The maximum Gasteiger partial charge on any atom is 0.335 e. The van der Waals surface area contributed by atoms with Crippen molar-refractivity contribution in [3.63, 3.8) is 0 Å². The van der Waals surface area contributed by atoms with Gasteiger partial charge in [0.1, 0.15) is 0 Å². The minimum atomic E-state index is -0.996. The van der Waals surface area contributed by atoms with Gasteiger partial charge in [-0.15, -0.1) is 0 Å². The van der Waals surface area contributed by atoms with E-state index in [0.29, 0.717) is 10.7 Å². The van der Waals surface area contributed by atoms with Gasteiger partial charge < -0.3 is 5.11 Å². The molecular formula is C10H7ClN2O2. The normalized spacial score (nSPS) is 10.2. The van der Waals surface area contributed by atoms with Gasteiger partial charge in [-0.1, -0.05) is 11.6 Å². The van der Waals surface area contributed by atoms with Gasteiger partial charge in [-0.3, -0.25) is 0 Å². The van der Waals surface area contributed by atoms with Crippen molar-refractivity contribution >= 4 is 17.6 Å². The number of halogens is 1. The second kappa shape index (κ2) is 3.74. The maximum atomic E-state index is 10.7. The quantitative estimate of drug-likeness (QED) is 0.848. The molecular weight excluding hydrogens is 216 g/mol. The molecule has 1 aromatic carbocycles. The Bertz CT molecular complexity index is 494. The van der Waals surface area contributed by atoms with E-state index in [1.165, 1.54) is 12.1 Å². The fraction of sp³-hybridized carbons (Fsp3) is 0. The van der Waals surface area contributed by atoms with Crippen molar-refractivity contribution in [2.24, 2.45) is 0 Å². The van der Waals surface area contributed by atoms with Crippen LogP contribution in [0.2, 0.25) is 5.02 Å². The molecule has 0 unspecified atom stereocenters. The summed E-state index contributed by atoms with van der Waals surface area (Å²) in [5.41, 5.74) is 0.822. The summed E-state index contributed by atoms with van der Waals surface area (Å²) in [6, 6.07) is 6.28. The number of carboxylic acid groups (broad SMARTS) is 1. The van der Waals surface area contributed by atoms with E-state index in [0.717, 1.165) is 0 Å². The zero-order valence-electron chi connectivity index (χ0n) is 7.59. The highest BCUT2D eigenvalue weighted by Gasteiger charge is 2.07. The first-order valence-corrected chi connectivity index (χ1v) is 4.59. The number of carbonyl (C=O) groups is 1. The van der Waals surface area contributed by atoms with E-state index in [1.807, 2.05) is 0 Å². The molecule has 0 saturated carbocycles. The van der Waals surface area contributed by atoms with Crippen LogP contribution in [-0.4, -0.2) is 20.9 Å². The first kappa shape index (κ1) is 9.73. The molecule has 0 radical (unpaired) electrons. The molecule has 1 heterocycles. The molecule has 15 heavy (non-hydrogen) atoms. The van der Waals surface area contributed by atoms with Gasteiger partial charge in [-0.05, 0) is 24.3 Å². The van der Waals surface area contributed by atoms with Crippen molar-refractivity contribution in [3.8, 4) is 5.69 Å². The standard InChI is InChI=1S/C10H7ClN2O2/c11-8-6-7(10(14)15)2-3-9(8)13-5-1-4-12-13/h1-6H,(H,14,15). The van der Waals surface area contributed by atoms with Crippen LogP contribution in [0.4, 0.5) is 0 Å². The molecule has 76 valence electrons. The number of carboxylic acids is 1. The number of nitrogens with zero attached hydrogens (tertiary/aromatic N) is 2. The molecule has 2 aromatic rings. The lowest BCUT2D eigenvalue weighted by Gasteiger charge is -2.04. The van der Waals surface area contributed by atoms with E-state index in [1.54, 1.807) is 29.2 Å². The predicted molar refractivity (Wildman–Crippen MR) is 55.5 cm³/mol. The number of aromatic nitrogens is 2. The minimum Gasteiger partial charge on any atom is -0.478 e. The highest BCUT2D eigenvalue weighted by molar-refractivity contribution is 6.32. The molecule has 0 fully saturated rings. The van der Waals surface area contributed by atoms with Crippen LogP contribution in [0.15, 0.2) is 36.7 Å². The largest absolute Gasteiger partial charge is 0.478 e. The van der Waals surface area contributed by atoms with Crippen LogP contribution in [0.1, 0.15) is 10.4 Å². The SMILES string of the molecule is O=C(O)c1ccc(-n2cccn2)c(Cl)c1. The Kier molecular flexibility index (Phi) is 2.43. The van der Waals surface area contributed by atoms with Gasteiger partial charge >= 0.3 is 5.97 Å². The second-order valence-electron chi connectivity index (χ2n) is 2.92. The highest BCUT2D eigenvalue weighted by atomic mass is 35.5. The first-order valence-electron chi connectivity index (χ1n) is 4.21. The summed E-state index contributed by atoms with van der Waals surface area (Å²) in [4.78, 5) is 10.7. The molecule has 5 heteroatoms. The van der Waals surface area contributed by atoms with Crippen LogP contribution in [0.3, 0.4) is 0 Å². The summed E-state index contributed by atoms with van der Waals surface area (Å²) >= 11 is 5.94. The van der Waals surface area contributed by atoms with Gasteiger partial charge in [-0.25, -0.2) is 9.48 Å². The topological polar surface area (TPSA) is 55.1 Å². The lowest BCUT2D eigenvalue weighted by atomic mass is 10.2. The average molecular weight is 223 g/mol. The van der Waals surface area contributed by atoms with Crippen molar-refractivity contribution in [3.05, 3.63) is 47.2 Å². The Hall–Kier alpha value is -1.81. The third-order valence-corrected chi connectivity index (χ3v) is 2.25. The molecule has 1 N–H and O–H groups in total. The van der Waals surface area contributed by atoms with Gasteiger partial charge in [0.05, 0.1) is 16.3 Å². The summed E-state index contributed by atoms with van der Waals surface area (Å²) in [5.74, 6) is -0.996. The summed E-state index contributed by atoms with van der Waals surface area (Å²) in [7, 11) is 0. The van der Waals surface area contributed by atoms with E-state index in [9.17, 15) is 4.79 Å². The number of rotatable bonds is 2. The number of aromatic carboxylic acids is 1. The van der Waals surface area contributed by atoms with Crippen molar-refractivity contribution < 1.29 is 9.90 Å². The Morgan fingerprint density at radius 2 is 2.27 bits per heavy atom. The molecule has 0 bridgehead atoms. The van der Waals surface area contributed by atoms with Gasteiger partial charge in [-0.2, -0.15) is 5.10 Å². The third-order valence-electron chi connectivity index (χ3n) is 1.95. The Labute approximate surface area is 90.7 Å². The smallest absolute Gasteiger partial charge is 0.335 e. The van der Waals surface area contributed by atoms with Crippen LogP contribution in [0.25, 0.3) is 5.69 Å². The van der Waals surface area contributed by atoms with Crippen LogP contribution in [0.5, 0.6) is 0 Å². The second-order valence-corrected chi connectivity index (χ2v) is 3.33. The van der Waals surface area contributed by atoms with Gasteiger partial charge in [0.15, 0.2) is 0 Å². The van der Waals surface area contributed by atoms with Crippen molar-refractivity contribution in [1.82, 2.24) is 9.78 Å². The first-order chi connectivity index (χ1) is 7.18.